The molecule has 0 saturated heterocycles. The molecule has 1 aliphatic rings. The Balaban J connectivity index is 2.00. The molecule has 0 aliphatic heterocycles. The minimum Gasteiger partial charge on any atom is -0.337 e. The molecule has 1 amide bonds. The first-order valence-corrected chi connectivity index (χ1v) is 7.01. The van der Waals surface area contributed by atoms with Crippen LogP contribution in [0.1, 0.15) is 49.5 Å². The molecule has 1 saturated carbocycles. The van der Waals surface area contributed by atoms with Crippen molar-refractivity contribution in [1.82, 2.24) is 9.88 Å². The van der Waals surface area contributed by atoms with Gasteiger partial charge in [-0.05, 0) is 43.7 Å². The van der Waals surface area contributed by atoms with Crippen LogP contribution in [0.2, 0.25) is 0 Å². The van der Waals surface area contributed by atoms with Crippen molar-refractivity contribution in [3.63, 3.8) is 0 Å². The number of amides is 1. The summed E-state index contributed by atoms with van der Waals surface area (Å²) in [4.78, 5) is 17.6. The maximum atomic E-state index is 13.0. The molecular formula is C15H21FN2O. The molecule has 19 heavy (non-hydrogen) atoms. The third-order valence-electron chi connectivity index (χ3n) is 4.20. The molecule has 0 N–H and O–H groups in total. The van der Waals surface area contributed by atoms with Gasteiger partial charge in [-0.25, -0.2) is 4.98 Å². The van der Waals surface area contributed by atoms with Crippen LogP contribution in [0.4, 0.5) is 4.39 Å². The highest BCUT2D eigenvalue weighted by atomic mass is 19.1. The van der Waals surface area contributed by atoms with Crippen LogP contribution in [0, 0.1) is 11.9 Å². The Kier molecular flexibility index (Phi) is 4.51. The Morgan fingerprint density at radius 2 is 2.05 bits per heavy atom. The lowest BCUT2D eigenvalue weighted by Gasteiger charge is -2.34. The van der Waals surface area contributed by atoms with Crippen LogP contribution >= 0.6 is 0 Å². The smallest absolute Gasteiger partial charge is 0.272 e. The fraction of sp³-hybridized carbons (Fsp3) is 0.600. The summed E-state index contributed by atoms with van der Waals surface area (Å²) in [7, 11) is 1.80. The van der Waals surface area contributed by atoms with Crippen molar-refractivity contribution in [1.29, 1.82) is 0 Å². The molecule has 104 valence electrons. The van der Waals surface area contributed by atoms with Crippen molar-refractivity contribution in [2.45, 2.75) is 45.1 Å². The van der Waals surface area contributed by atoms with E-state index in [1.54, 1.807) is 18.0 Å². The van der Waals surface area contributed by atoms with Gasteiger partial charge in [0.1, 0.15) is 5.69 Å². The first-order chi connectivity index (χ1) is 9.11. The van der Waals surface area contributed by atoms with Crippen LogP contribution in [-0.2, 0) is 0 Å². The topological polar surface area (TPSA) is 33.2 Å². The number of aromatic nitrogens is 1. The summed E-state index contributed by atoms with van der Waals surface area (Å²) >= 11 is 0. The maximum absolute atomic E-state index is 13.0. The van der Waals surface area contributed by atoms with Crippen molar-refractivity contribution < 1.29 is 9.18 Å². The molecule has 0 spiro atoms. The molecule has 1 heterocycles. The lowest BCUT2D eigenvalue weighted by atomic mass is 9.84. The van der Waals surface area contributed by atoms with E-state index in [1.807, 2.05) is 0 Å². The first-order valence-electron chi connectivity index (χ1n) is 7.01. The van der Waals surface area contributed by atoms with E-state index in [4.69, 9.17) is 0 Å². The zero-order valence-corrected chi connectivity index (χ0v) is 11.6. The Morgan fingerprint density at radius 1 is 1.37 bits per heavy atom. The number of hydrogen-bond donors (Lipinski definition) is 0. The molecule has 0 radical (unpaired) electrons. The number of nitrogens with zero attached hydrogens (tertiary/aromatic N) is 2. The second-order valence-electron chi connectivity index (χ2n) is 5.34. The molecule has 0 aromatic carbocycles. The quantitative estimate of drug-likeness (QED) is 0.785. The standard InChI is InChI=1S/C15H21FN2O/c1-3-11-7-9-12(10-8-11)18(2)15(19)13-5-4-6-14(16)17-13/h4-6,11-12H,3,7-10H2,1-2H3. The molecular weight excluding hydrogens is 243 g/mol. The number of carbonyl (C=O) groups is 1. The van der Waals surface area contributed by atoms with Crippen LogP contribution in [-0.4, -0.2) is 28.9 Å². The van der Waals surface area contributed by atoms with Gasteiger partial charge in [0.15, 0.2) is 0 Å². The van der Waals surface area contributed by atoms with E-state index in [9.17, 15) is 9.18 Å². The Bertz CT molecular complexity index is 442. The lowest BCUT2D eigenvalue weighted by Crippen LogP contribution is -2.39. The van der Waals surface area contributed by atoms with Gasteiger partial charge in [-0.1, -0.05) is 19.4 Å². The largest absolute Gasteiger partial charge is 0.337 e. The minimum absolute atomic E-state index is 0.181. The molecule has 0 bridgehead atoms. The van der Waals surface area contributed by atoms with Crippen molar-refractivity contribution in [2.75, 3.05) is 7.05 Å². The van der Waals surface area contributed by atoms with Crippen LogP contribution in [0.15, 0.2) is 18.2 Å². The summed E-state index contributed by atoms with van der Waals surface area (Å²) in [5, 5.41) is 0. The Hall–Kier alpha value is -1.45. The van der Waals surface area contributed by atoms with Gasteiger partial charge in [0.2, 0.25) is 5.95 Å². The lowest BCUT2D eigenvalue weighted by molar-refractivity contribution is 0.0667. The highest BCUT2D eigenvalue weighted by Crippen LogP contribution is 2.29. The van der Waals surface area contributed by atoms with E-state index in [1.165, 1.54) is 31.4 Å². The number of rotatable bonds is 3. The van der Waals surface area contributed by atoms with Gasteiger partial charge < -0.3 is 4.90 Å². The third-order valence-corrected chi connectivity index (χ3v) is 4.20. The van der Waals surface area contributed by atoms with Gasteiger partial charge in [0.05, 0.1) is 0 Å². The van der Waals surface area contributed by atoms with Gasteiger partial charge in [-0.2, -0.15) is 4.39 Å². The van der Waals surface area contributed by atoms with E-state index >= 15 is 0 Å². The molecule has 3 nitrogen and oxygen atoms in total. The zero-order valence-electron chi connectivity index (χ0n) is 11.6. The molecule has 4 heteroatoms. The van der Waals surface area contributed by atoms with Gasteiger partial charge >= 0.3 is 0 Å². The van der Waals surface area contributed by atoms with Gasteiger partial charge in [0.25, 0.3) is 5.91 Å². The molecule has 1 aliphatic carbocycles. The third kappa shape index (κ3) is 3.31. The number of hydrogen-bond acceptors (Lipinski definition) is 2. The van der Waals surface area contributed by atoms with Crippen LogP contribution in [0.25, 0.3) is 0 Å². The predicted octanol–water partition coefficient (Wildman–Crippen LogP) is 3.26. The summed E-state index contributed by atoms with van der Waals surface area (Å²) < 4.78 is 13.0. The minimum atomic E-state index is -0.603. The van der Waals surface area contributed by atoms with E-state index in [2.05, 4.69) is 11.9 Å². The highest BCUT2D eigenvalue weighted by Gasteiger charge is 2.26. The average molecular weight is 264 g/mol. The highest BCUT2D eigenvalue weighted by molar-refractivity contribution is 5.92. The van der Waals surface area contributed by atoms with Crippen molar-refractivity contribution in [2.24, 2.45) is 5.92 Å². The molecule has 0 atom stereocenters. The second-order valence-corrected chi connectivity index (χ2v) is 5.34. The Labute approximate surface area is 113 Å². The van der Waals surface area contributed by atoms with E-state index < -0.39 is 5.95 Å². The van der Waals surface area contributed by atoms with Gasteiger partial charge in [-0.3, -0.25) is 4.79 Å². The molecule has 1 fully saturated rings. The van der Waals surface area contributed by atoms with E-state index in [-0.39, 0.29) is 17.6 Å². The zero-order chi connectivity index (χ0) is 13.8. The van der Waals surface area contributed by atoms with E-state index in [0.29, 0.717) is 0 Å². The summed E-state index contributed by atoms with van der Waals surface area (Å²) in [5.74, 6) is 0.0143. The van der Waals surface area contributed by atoms with Gasteiger partial charge in [-0.15, -0.1) is 0 Å². The van der Waals surface area contributed by atoms with Crippen LogP contribution < -0.4 is 0 Å². The van der Waals surface area contributed by atoms with Gasteiger partial charge in [0, 0.05) is 13.1 Å². The number of carbonyl (C=O) groups excluding carboxylic acids is 1. The second kappa shape index (κ2) is 6.13. The summed E-state index contributed by atoms with van der Waals surface area (Å²) in [6.07, 6.45) is 5.65. The number of pyridine rings is 1. The van der Waals surface area contributed by atoms with Crippen molar-refractivity contribution >= 4 is 5.91 Å². The van der Waals surface area contributed by atoms with Crippen molar-refractivity contribution in [3.8, 4) is 0 Å². The molecule has 0 unspecified atom stereocenters. The summed E-state index contributed by atoms with van der Waals surface area (Å²) in [6.45, 7) is 2.22. The maximum Gasteiger partial charge on any atom is 0.272 e. The van der Waals surface area contributed by atoms with Crippen LogP contribution in [0.3, 0.4) is 0 Å². The van der Waals surface area contributed by atoms with Crippen molar-refractivity contribution in [3.05, 3.63) is 29.8 Å². The SMILES string of the molecule is CCC1CCC(N(C)C(=O)c2cccc(F)n2)CC1. The monoisotopic (exact) mass is 264 g/mol. The fourth-order valence-electron chi connectivity index (χ4n) is 2.81. The molecule has 1 aromatic rings. The van der Waals surface area contributed by atoms with Crippen LogP contribution in [0.5, 0.6) is 0 Å². The Morgan fingerprint density at radius 3 is 2.63 bits per heavy atom. The summed E-state index contributed by atoms with van der Waals surface area (Å²) in [6, 6.07) is 4.61. The number of halogens is 1. The fourth-order valence-corrected chi connectivity index (χ4v) is 2.81. The molecule has 1 aromatic heterocycles. The van der Waals surface area contributed by atoms with E-state index in [0.717, 1.165) is 18.8 Å². The molecule has 2 rings (SSSR count). The summed E-state index contributed by atoms with van der Waals surface area (Å²) in [5.41, 5.74) is 0.195. The average Bonchev–Trinajstić information content (AvgIpc) is 2.46. The normalized spacial score (nSPS) is 23.1. The predicted molar refractivity (Wildman–Crippen MR) is 72.3 cm³/mol. The first kappa shape index (κ1) is 14.0.